The van der Waals surface area contributed by atoms with E-state index < -0.39 is 0 Å². The normalized spacial score (nSPS) is 10.2. The molecule has 0 saturated heterocycles. The summed E-state index contributed by atoms with van der Waals surface area (Å²) in [5, 5.41) is 2.69. The Balaban J connectivity index is 1.80. The first kappa shape index (κ1) is 14.4. The molecule has 0 heterocycles. The zero-order chi connectivity index (χ0) is 14.4. The molecule has 0 unspecified atom stereocenters. The number of hydrogen-bond donors (Lipinski definition) is 2. The van der Waals surface area contributed by atoms with Crippen molar-refractivity contribution >= 4 is 23.4 Å². The van der Waals surface area contributed by atoms with Crippen molar-refractivity contribution in [3.8, 4) is 0 Å². The van der Waals surface area contributed by atoms with Gasteiger partial charge in [0.15, 0.2) is 0 Å². The largest absolute Gasteiger partial charge is 0.399 e. The second-order valence-corrected chi connectivity index (χ2v) is 5.28. The number of halogens is 1. The van der Waals surface area contributed by atoms with Crippen LogP contribution in [0.1, 0.15) is 5.56 Å². The van der Waals surface area contributed by atoms with Crippen molar-refractivity contribution < 1.29 is 9.18 Å². The Bertz CT molecular complexity index is 604. The first-order chi connectivity index (χ1) is 9.65. The molecule has 2 aromatic rings. The third-order valence-corrected chi connectivity index (χ3v) is 3.66. The predicted octanol–water partition coefficient (Wildman–Crippen LogP) is 2.82. The van der Waals surface area contributed by atoms with Gasteiger partial charge in [-0.15, -0.1) is 11.8 Å². The SMILES string of the molecule is Nc1cccc(SCC(=O)NCc2ccccc2F)c1. The minimum Gasteiger partial charge on any atom is -0.399 e. The standard InChI is InChI=1S/C15H15FN2OS/c16-14-7-2-1-4-11(14)9-18-15(19)10-20-13-6-3-5-12(17)8-13/h1-8H,9-10,17H2,(H,18,19). The molecule has 0 aliphatic carbocycles. The van der Waals surface area contributed by atoms with E-state index in [2.05, 4.69) is 5.32 Å². The number of hydrogen-bond acceptors (Lipinski definition) is 3. The van der Waals surface area contributed by atoms with Crippen LogP contribution in [0.3, 0.4) is 0 Å². The third kappa shape index (κ3) is 4.28. The van der Waals surface area contributed by atoms with Crippen molar-refractivity contribution in [1.82, 2.24) is 5.32 Å². The first-order valence-electron chi connectivity index (χ1n) is 6.13. The van der Waals surface area contributed by atoms with Gasteiger partial charge in [0.1, 0.15) is 5.82 Å². The Morgan fingerprint density at radius 3 is 2.75 bits per heavy atom. The van der Waals surface area contributed by atoms with Crippen molar-refractivity contribution in [2.24, 2.45) is 0 Å². The molecule has 2 aromatic carbocycles. The average Bonchev–Trinajstić information content (AvgIpc) is 2.44. The number of rotatable bonds is 5. The summed E-state index contributed by atoms with van der Waals surface area (Å²) >= 11 is 1.40. The summed E-state index contributed by atoms with van der Waals surface area (Å²) in [6.45, 7) is 0.197. The lowest BCUT2D eigenvalue weighted by Gasteiger charge is -2.06. The van der Waals surface area contributed by atoms with Gasteiger partial charge in [-0.05, 0) is 24.3 Å². The molecule has 5 heteroatoms. The molecule has 0 aliphatic rings. The van der Waals surface area contributed by atoms with Gasteiger partial charge in [-0.2, -0.15) is 0 Å². The molecular formula is C15H15FN2OS. The molecule has 3 nitrogen and oxygen atoms in total. The van der Waals surface area contributed by atoms with E-state index in [0.29, 0.717) is 11.3 Å². The maximum atomic E-state index is 13.4. The fourth-order valence-electron chi connectivity index (χ4n) is 1.64. The summed E-state index contributed by atoms with van der Waals surface area (Å²) in [5.74, 6) is -0.172. The molecule has 0 spiro atoms. The molecule has 0 fully saturated rings. The second kappa shape index (κ2) is 6.96. The molecule has 0 aromatic heterocycles. The van der Waals surface area contributed by atoms with Crippen LogP contribution in [0.4, 0.5) is 10.1 Å². The third-order valence-electron chi connectivity index (χ3n) is 2.66. The summed E-state index contributed by atoms with van der Waals surface area (Å²) < 4.78 is 13.4. The van der Waals surface area contributed by atoms with Crippen LogP contribution in [0.25, 0.3) is 0 Å². The number of nitrogens with two attached hydrogens (primary N) is 1. The number of nitrogen functional groups attached to an aromatic ring is 1. The number of thioether (sulfide) groups is 1. The van der Waals surface area contributed by atoms with Crippen molar-refractivity contribution in [2.75, 3.05) is 11.5 Å². The van der Waals surface area contributed by atoms with Crippen LogP contribution in [0, 0.1) is 5.82 Å². The molecule has 1 amide bonds. The van der Waals surface area contributed by atoms with E-state index in [4.69, 9.17) is 5.73 Å². The van der Waals surface area contributed by atoms with Crippen LogP contribution in [0.2, 0.25) is 0 Å². The van der Waals surface area contributed by atoms with Crippen LogP contribution >= 0.6 is 11.8 Å². The lowest BCUT2D eigenvalue weighted by molar-refractivity contribution is -0.118. The predicted molar refractivity (Wildman–Crippen MR) is 79.8 cm³/mol. The monoisotopic (exact) mass is 290 g/mol. The lowest BCUT2D eigenvalue weighted by atomic mass is 10.2. The molecule has 0 saturated carbocycles. The number of amides is 1. The summed E-state index contributed by atoms with van der Waals surface area (Å²) in [4.78, 5) is 12.6. The Morgan fingerprint density at radius 2 is 2.00 bits per heavy atom. The van der Waals surface area contributed by atoms with E-state index in [-0.39, 0.29) is 24.0 Å². The van der Waals surface area contributed by atoms with Gasteiger partial charge in [-0.3, -0.25) is 4.79 Å². The Kier molecular flexibility index (Phi) is 5.01. The molecular weight excluding hydrogens is 275 g/mol. The van der Waals surface area contributed by atoms with Gasteiger partial charge in [0.2, 0.25) is 5.91 Å². The highest BCUT2D eigenvalue weighted by molar-refractivity contribution is 8.00. The quantitative estimate of drug-likeness (QED) is 0.657. The number of benzene rings is 2. The van der Waals surface area contributed by atoms with Gasteiger partial charge in [0, 0.05) is 22.7 Å². The molecule has 0 aliphatic heterocycles. The van der Waals surface area contributed by atoms with Gasteiger partial charge < -0.3 is 11.1 Å². The van der Waals surface area contributed by atoms with E-state index in [0.717, 1.165) is 4.90 Å². The molecule has 104 valence electrons. The van der Waals surface area contributed by atoms with Crippen molar-refractivity contribution in [2.45, 2.75) is 11.4 Å². The lowest BCUT2D eigenvalue weighted by Crippen LogP contribution is -2.25. The smallest absolute Gasteiger partial charge is 0.230 e. The highest BCUT2D eigenvalue weighted by Gasteiger charge is 2.05. The maximum absolute atomic E-state index is 13.4. The fourth-order valence-corrected chi connectivity index (χ4v) is 2.43. The highest BCUT2D eigenvalue weighted by Crippen LogP contribution is 2.19. The number of carbonyl (C=O) groups excluding carboxylic acids is 1. The van der Waals surface area contributed by atoms with E-state index >= 15 is 0 Å². The summed E-state index contributed by atoms with van der Waals surface area (Å²) in [5.41, 5.74) is 6.81. The number of nitrogens with one attached hydrogen (secondary N) is 1. The van der Waals surface area contributed by atoms with Crippen LogP contribution in [-0.2, 0) is 11.3 Å². The van der Waals surface area contributed by atoms with Crippen molar-refractivity contribution in [3.63, 3.8) is 0 Å². The van der Waals surface area contributed by atoms with Gasteiger partial charge in [0.05, 0.1) is 5.75 Å². The maximum Gasteiger partial charge on any atom is 0.230 e. The first-order valence-corrected chi connectivity index (χ1v) is 7.12. The van der Waals surface area contributed by atoms with E-state index in [1.165, 1.54) is 17.8 Å². The minimum absolute atomic E-state index is 0.138. The van der Waals surface area contributed by atoms with E-state index in [1.54, 1.807) is 24.3 Å². The molecule has 0 bridgehead atoms. The number of carbonyl (C=O) groups is 1. The highest BCUT2D eigenvalue weighted by atomic mass is 32.2. The number of anilines is 1. The van der Waals surface area contributed by atoms with E-state index in [1.807, 2.05) is 18.2 Å². The fraction of sp³-hybridized carbons (Fsp3) is 0.133. The molecule has 0 radical (unpaired) electrons. The van der Waals surface area contributed by atoms with Crippen molar-refractivity contribution in [1.29, 1.82) is 0 Å². The van der Waals surface area contributed by atoms with Gasteiger partial charge >= 0.3 is 0 Å². The zero-order valence-electron chi connectivity index (χ0n) is 10.8. The Hall–Kier alpha value is -2.01. The van der Waals surface area contributed by atoms with Crippen LogP contribution in [-0.4, -0.2) is 11.7 Å². The Morgan fingerprint density at radius 1 is 1.20 bits per heavy atom. The van der Waals surface area contributed by atoms with Crippen molar-refractivity contribution in [3.05, 3.63) is 59.9 Å². The summed E-state index contributed by atoms with van der Waals surface area (Å²) in [7, 11) is 0. The van der Waals surface area contributed by atoms with E-state index in [9.17, 15) is 9.18 Å². The Labute approximate surface area is 121 Å². The van der Waals surface area contributed by atoms with Gasteiger partial charge in [-0.25, -0.2) is 4.39 Å². The topological polar surface area (TPSA) is 55.1 Å². The molecule has 3 N–H and O–H groups in total. The summed E-state index contributed by atoms with van der Waals surface area (Å²) in [6, 6.07) is 13.7. The van der Waals surface area contributed by atoms with Crippen LogP contribution in [0.15, 0.2) is 53.4 Å². The van der Waals surface area contributed by atoms with Crippen LogP contribution in [0.5, 0.6) is 0 Å². The van der Waals surface area contributed by atoms with Gasteiger partial charge in [0.25, 0.3) is 0 Å². The minimum atomic E-state index is -0.309. The second-order valence-electron chi connectivity index (χ2n) is 4.23. The van der Waals surface area contributed by atoms with Gasteiger partial charge in [-0.1, -0.05) is 24.3 Å². The molecule has 2 rings (SSSR count). The zero-order valence-corrected chi connectivity index (χ0v) is 11.6. The average molecular weight is 290 g/mol. The summed E-state index contributed by atoms with van der Waals surface area (Å²) in [6.07, 6.45) is 0. The molecule has 0 atom stereocenters. The molecule has 20 heavy (non-hydrogen) atoms. The van der Waals surface area contributed by atoms with Crippen LogP contribution < -0.4 is 11.1 Å².